The molecule has 5 rings (SSSR count). The highest BCUT2D eigenvalue weighted by Crippen LogP contribution is 2.33. The van der Waals surface area contributed by atoms with Crippen LogP contribution in [0.5, 0.6) is 17.2 Å². The maximum Gasteiger partial charge on any atom is 0.263 e. The van der Waals surface area contributed by atoms with E-state index in [9.17, 15) is 4.79 Å². The predicted octanol–water partition coefficient (Wildman–Crippen LogP) is 3.18. The number of amides is 1. The third-order valence-corrected chi connectivity index (χ3v) is 7.12. The summed E-state index contributed by atoms with van der Waals surface area (Å²) < 4.78 is 16.1. The van der Waals surface area contributed by atoms with Crippen molar-refractivity contribution in [1.29, 1.82) is 0 Å². The fraction of sp³-hybridized carbons (Fsp3) is 0.360. The van der Waals surface area contributed by atoms with E-state index >= 15 is 0 Å². The molecule has 1 fully saturated rings. The average Bonchev–Trinajstić information content (AvgIpc) is 3.55. The Bertz CT molecular complexity index is 1130. The van der Waals surface area contributed by atoms with Crippen molar-refractivity contribution in [2.75, 3.05) is 51.5 Å². The van der Waals surface area contributed by atoms with Gasteiger partial charge >= 0.3 is 0 Å². The second kappa shape index (κ2) is 10.3. The minimum absolute atomic E-state index is 0.0706. The first kappa shape index (κ1) is 22.5. The number of hydrogen-bond donors (Lipinski definition) is 1. The molecule has 2 aliphatic heterocycles. The smallest absolute Gasteiger partial charge is 0.263 e. The standard InChI is InChI=1S/C25H28N4O4S/c1-31-20-5-2-18(3-6-20)8-9-26-24(30)23-15-27-25(34-23)29-12-10-28(11-13-29)16-19-4-7-21-22(14-19)33-17-32-21/h2-7,14-15H,8-13,16-17H2,1H3,(H,26,30). The SMILES string of the molecule is COc1ccc(CCNC(=O)c2cnc(N3CCN(Cc4ccc5c(c4)OCO5)CC3)s2)cc1. The molecule has 9 heteroatoms. The highest BCUT2D eigenvalue weighted by atomic mass is 32.1. The van der Waals surface area contributed by atoms with Gasteiger partial charge in [-0.25, -0.2) is 4.98 Å². The van der Waals surface area contributed by atoms with Crippen molar-refractivity contribution in [3.63, 3.8) is 0 Å². The predicted molar refractivity (Wildman–Crippen MR) is 131 cm³/mol. The molecule has 2 aliphatic rings. The molecule has 34 heavy (non-hydrogen) atoms. The third-order valence-electron chi connectivity index (χ3n) is 6.06. The summed E-state index contributed by atoms with van der Waals surface area (Å²) in [6.07, 6.45) is 2.45. The molecule has 3 heterocycles. The first-order chi connectivity index (χ1) is 16.7. The largest absolute Gasteiger partial charge is 0.497 e. The first-order valence-corrected chi connectivity index (χ1v) is 12.2. The summed E-state index contributed by atoms with van der Waals surface area (Å²) in [5.41, 5.74) is 2.38. The lowest BCUT2D eigenvalue weighted by Gasteiger charge is -2.34. The first-order valence-electron chi connectivity index (χ1n) is 11.4. The van der Waals surface area contributed by atoms with E-state index in [1.165, 1.54) is 16.9 Å². The number of anilines is 1. The molecule has 2 aromatic carbocycles. The number of carbonyl (C=O) groups is 1. The lowest BCUT2D eigenvalue weighted by Crippen LogP contribution is -2.45. The normalized spacial score (nSPS) is 15.4. The van der Waals surface area contributed by atoms with Gasteiger partial charge in [0.2, 0.25) is 6.79 Å². The second-order valence-corrected chi connectivity index (χ2v) is 9.32. The number of nitrogens with zero attached hydrogens (tertiary/aromatic N) is 3. The molecule has 1 amide bonds. The molecule has 0 radical (unpaired) electrons. The van der Waals surface area contributed by atoms with Gasteiger partial charge in [0, 0.05) is 39.3 Å². The molecule has 1 saturated heterocycles. The molecule has 3 aromatic rings. The van der Waals surface area contributed by atoms with E-state index < -0.39 is 0 Å². The van der Waals surface area contributed by atoms with Gasteiger partial charge in [-0.3, -0.25) is 9.69 Å². The van der Waals surface area contributed by atoms with Gasteiger partial charge in [0.25, 0.3) is 5.91 Å². The van der Waals surface area contributed by atoms with Crippen LogP contribution in [0.3, 0.4) is 0 Å². The molecule has 0 atom stereocenters. The van der Waals surface area contributed by atoms with Crippen LogP contribution in [0, 0.1) is 0 Å². The molecule has 178 valence electrons. The quantitative estimate of drug-likeness (QED) is 0.531. The number of ether oxygens (including phenoxy) is 3. The Balaban J connectivity index is 1.08. The van der Waals surface area contributed by atoms with Crippen molar-refractivity contribution in [2.24, 2.45) is 0 Å². The van der Waals surface area contributed by atoms with Crippen LogP contribution in [0.15, 0.2) is 48.7 Å². The Morgan fingerprint density at radius 1 is 1.06 bits per heavy atom. The summed E-state index contributed by atoms with van der Waals surface area (Å²) in [6.45, 7) is 5.41. The molecular weight excluding hydrogens is 452 g/mol. The van der Waals surface area contributed by atoms with E-state index in [-0.39, 0.29) is 5.91 Å². The van der Waals surface area contributed by atoms with Crippen LogP contribution >= 0.6 is 11.3 Å². The van der Waals surface area contributed by atoms with E-state index in [0.717, 1.165) is 67.1 Å². The molecule has 0 spiro atoms. The minimum Gasteiger partial charge on any atom is -0.497 e. The number of thiazole rings is 1. The van der Waals surface area contributed by atoms with Crippen LogP contribution in [0.25, 0.3) is 0 Å². The number of piperazine rings is 1. The maximum atomic E-state index is 12.6. The highest BCUT2D eigenvalue weighted by Gasteiger charge is 2.22. The molecule has 8 nitrogen and oxygen atoms in total. The molecule has 0 unspecified atom stereocenters. The van der Waals surface area contributed by atoms with Gasteiger partial charge in [-0.15, -0.1) is 0 Å². The number of benzene rings is 2. The highest BCUT2D eigenvalue weighted by molar-refractivity contribution is 7.17. The molecule has 1 N–H and O–H groups in total. The summed E-state index contributed by atoms with van der Waals surface area (Å²) in [4.78, 5) is 22.4. The van der Waals surface area contributed by atoms with E-state index in [2.05, 4.69) is 32.2 Å². The number of carbonyl (C=O) groups excluding carboxylic acids is 1. The summed E-state index contributed by atoms with van der Waals surface area (Å²) in [7, 11) is 1.65. The Hall–Kier alpha value is -3.30. The molecular formula is C25H28N4O4S. The molecule has 0 bridgehead atoms. The van der Waals surface area contributed by atoms with Crippen molar-refractivity contribution in [3.05, 3.63) is 64.7 Å². The van der Waals surface area contributed by atoms with E-state index in [0.29, 0.717) is 18.2 Å². The minimum atomic E-state index is -0.0706. The van der Waals surface area contributed by atoms with Gasteiger partial charge in [0.15, 0.2) is 16.6 Å². The topological polar surface area (TPSA) is 76.2 Å². The van der Waals surface area contributed by atoms with Gasteiger partial charge in [-0.1, -0.05) is 29.5 Å². The van der Waals surface area contributed by atoms with Gasteiger partial charge in [0.1, 0.15) is 10.6 Å². The van der Waals surface area contributed by atoms with Crippen molar-refractivity contribution >= 4 is 22.4 Å². The van der Waals surface area contributed by atoms with Crippen LogP contribution in [0.2, 0.25) is 0 Å². The number of hydrogen-bond acceptors (Lipinski definition) is 8. The van der Waals surface area contributed by atoms with Crippen LogP contribution in [-0.2, 0) is 13.0 Å². The number of rotatable bonds is 8. The molecule has 1 aromatic heterocycles. The van der Waals surface area contributed by atoms with Crippen LogP contribution in [0.4, 0.5) is 5.13 Å². The monoisotopic (exact) mass is 480 g/mol. The Morgan fingerprint density at radius 3 is 2.62 bits per heavy atom. The number of methoxy groups -OCH3 is 1. The maximum absolute atomic E-state index is 12.6. The Morgan fingerprint density at radius 2 is 1.82 bits per heavy atom. The zero-order valence-corrected chi connectivity index (χ0v) is 20.0. The molecule has 0 aliphatic carbocycles. The van der Waals surface area contributed by atoms with Crippen molar-refractivity contribution in [1.82, 2.24) is 15.2 Å². The van der Waals surface area contributed by atoms with Crippen molar-refractivity contribution in [3.8, 4) is 17.2 Å². The van der Waals surface area contributed by atoms with E-state index in [1.54, 1.807) is 13.3 Å². The fourth-order valence-corrected chi connectivity index (χ4v) is 4.99. The van der Waals surface area contributed by atoms with Gasteiger partial charge < -0.3 is 24.4 Å². The van der Waals surface area contributed by atoms with E-state index in [4.69, 9.17) is 14.2 Å². The van der Waals surface area contributed by atoms with Crippen LogP contribution in [0.1, 0.15) is 20.8 Å². The Labute approximate surface area is 203 Å². The zero-order chi connectivity index (χ0) is 23.3. The van der Waals surface area contributed by atoms with Gasteiger partial charge in [0.05, 0.1) is 13.3 Å². The Kier molecular flexibility index (Phi) is 6.82. The molecule has 0 saturated carbocycles. The van der Waals surface area contributed by atoms with Crippen LogP contribution < -0.4 is 24.4 Å². The lowest BCUT2D eigenvalue weighted by molar-refractivity contribution is 0.0958. The number of aromatic nitrogens is 1. The van der Waals surface area contributed by atoms with Crippen molar-refractivity contribution < 1.29 is 19.0 Å². The average molecular weight is 481 g/mol. The summed E-state index contributed by atoms with van der Waals surface area (Å²) in [5, 5.41) is 3.90. The summed E-state index contributed by atoms with van der Waals surface area (Å²) in [6, 6.07) is 14.0. The number of nitrogens with one attached hydrogen (secondary N) is 1. The lowest BCUT2D eigenvalue weighted by atomic mass is 10.1. The van der Waals surface area contributed by atoms with E-state index in [1.807, 2.05) is 30.3 Å². The zero-order valence-electron chi connectivity index (χ0n) is 19.2. The second-order valence-electron chi connectivity index (χ2n) is 8.31. The van der Waals surface area contributed by atoms with Crippen molar-refractivity contribution in [2.45, 2.75) is 13.0 Å². The number of fused-ring (bicyclic) bond motifs is 1. The van der Waals surface area contributed by atoms with Gasteiger partial charge in [-0.2, -0.15) is 0 Å². The van der Waals surface area contributed by atoms with Crippen LogP contribution in [-0.4, -0.2) is 62.4 Å². The fourth-order valence-electron chi connectivity index (χ4n) is 4.11. The summed E-state index contributed by atoms with van der Waals surface area (Å²) >= 11 is 1.45. The van der Waals surface area contributed by atoms with Gasteiger partial charge in [-0.05, 0) is 41.8 Å². The third kappa shape index (κ3) is 5.26. The summed E-state index contributed by atoms with van der Waals surface area (Å²) in [5.74, 6) is 2.41.